The van der Waals surface area contributed by atoms with Gasteiger partial charge in [0, 0.05) is 22.7 Å². The van der Waals surface area contributed by atoms with Gasteiger partial charge in [-0.3, -0.25) is 4.79 Å². The average molecular weight is 389 g/mol. The second-order valence-electron chi connectivity index (χ2n) is 6.02. The predicted molar refractivity (Wildman–Crippen MR) is 104 cm³/mol. The molecule has 0 saturated carbocycles. The molecular formula is C19H21ClN4O3. The minimum Gasteiger partial charge on any atom is -0.497 e. The Morgan fingerprint density at radius 2 is 1.96 bits per heavy atom. The monoisotopic (exact) mass is 388 g/mol. The normalized spacial score (nSPS) is 19.2. The van der Waals surface area contributed by atoms with Gasteiger partial charge in [0.05, 0.1) is 20.4 Å². The SMILES string of the molecule is COc1ccc(/C=N/NC(=O)C2CC(c3ccc(Cl)cc3)NN2)c(OC)c1. The zero-order valence-electron chi connectivity index (χ0n) is 15.0. The van der Waals surface area contributed by atoms with Gasteiger partial charge in [-0.15, -0.1) is 0 Å². The number of methoxy groups -OCH3 is 2. The number of carbonyl (C=O) groups is 1. The summed E-state index contributed by atoms with van der Waals surface area (Å²) in [4.78, 5) is 12.3. The zero-order valence-corrected chi connectivity index (χ0v) is 15.8. The van der Waals surface area contributed by atoms with Gasteiger partial charge in [-0.05, 0) is 36.2 Å². The number of nitrogens with zero attached hydrogens (tertiary/aromatic N) is 1. The van der Waals surface area contributed by atoms with Crippen LogP contribution >= 0.6 is 11.6 Å². The first kappa shape index (κ1) is 19.2. The van der Waals surface area contributed by atoms with Gasteiger partial charge >= 0.3 is 0 Å². The number of nitrogens with one attached hydrogen (secondary N) is 3. The molecule has 8 heteroatoms. The lowest BCUT2D eigenvalue weighted by atomic mass is 10.0. The molecule has 2 aromatic carbocycles. The third-order valence-electron chi connectivity index (χ3n) is 4.31. The molecule has 1 aliphatic rings. The standard InChI is InChI=1S/C19H21ClN4O3/c1-26-15-8-5-13(18(9-15)27-2)11-21-24-19(25)17-10-16(22-23-17)12-3-6-14(20)7-4-12/h3-9,11,16-17,22-23H,10H2,1-2H3,(H,24,25)/b21-11+. The number of carbonyl (C=O) groups excluding carboxylic acids is 1. The molecule has 3 N–H and O–H groups in total. The molecule has 0 aliphatic carbocycles. The van der Waals surface area contributed by atoms with E-state index in [2.05, 4.69) is 21.4 Å². The summed E-state index contributed by atoms with van der Waals surface area (Å²) in [5.74, 6) is 1.07. The van der Waals surface area contributed by atoms with Crippen molar-refractivity contribution in [2.24, 2.45) is 5.10 Å². The molecular weight excluding hydrogens is 368 g/mol. The number of rotatable bonds is 6. The van der Waals surface area contributed by atoms with Crippen molar-refractivity contribution in [3.8, 4) is 11.5 Å². The molecule has 2 atom stereocenters. The summed E-state index contributed by atoms with van der Waals surface area (Å²) in [6, 6.07) is 12.5. The summed E-state index contributed by atoms with van der Waals surface area (Å²) in [7, 11) is 3.15. The molecule has 3 rings (SSSR count). The number of hydrazine groups is 1. The minimum atomic E-state index is -0.388. The highest BCUT2D eigenvalue weighted by Gasteiger charge is 2.29. The molecule has 1 heterocycles. The van der Waals surface area contributed by atoms with Crippen molar-refractivity contribution in [2.45, 2.75) is 18.5 Å². The molecule has 0 spiro atoms. The highest BCUT2D eigenvalue weighted by molar-refractivity contribution is 6.30. The van der Waals surface area contributed by atoms with E-state index in [4.69, 9.17) is 21.1 Å². The van der Waals surface area contributed by atoms with E-state index in [-0.39, 0.29) is 18.0 Å². The fraction of sp³-hybridized carbons (Fsp3) is 0.263. The number of hydrogen-bond donors (Lipinski definition) is 3. The van der Waals surface area contributed by atoms with Crippen molar-refractivity contribution in [1.29, 1.82) is 0 Å². The van der Waals surface area contributed by atoms with Crippen molar-refractivity contribution < 1.29 is 14.3 Å². The van der Waals surface area contributed by atoms with Crippen molar-refractivity contribution in [1.82, 2.24) is 16.3 Å². The van der Waals surface area contributed by atoms with Crippen molar-refractivity contribution in [3.05, 3.63) is 58.6 Å². The molecule has 7 nitrogen and oxygen atoms in total. The van der Waals surface area contributed by atoms with E-state index in [0.717, 1.165) is 11.1 Å². The summed E-state index contributed by atoms with van der Waals surface area (Å²) in [5, 5.41) is 4.71. The van der Waals surface area contributed by atoms with Gasteiger partial charge in [0.15, 0.2) is 0 Å². The Labute approximate surface area is 162 Å². The van der Waals surface area contributed by atoms with E-state index in [0.29, 0.717) is 22.9 Å². The van der Waals surface area contributed by atoms with Crippen LogP contribution in [0.1, 0.15) is 23.6 Å². The lowest BCUT2D eigenvalue weighted by molar-refractivity contribution is -0.122. The Morgan fingerprint density at radius 1 is 1.19 bits per heavy atom. The van der Waals surface area contributed by atoms with Crippen LogP contribution in [0.25, 0.3) is 0 Å². The quantitative estimate of drug-likeness (QED) is 0.523. The Morgan fingerprint density at radius 3 is 2.67 bits per heavy atom. The van der Waals surface area contributed by atoms with Gasteiger partial charge in [0.1, 0.15) is 17.5 Å². The summed E-state index contributed by atoms with van der Waals surface area (Å²) in [6.07, 6.45) is 2.14. The van der Waals surface area contributed by atoms with Crippen LogP contribution in [0.2, 0.25) is 5.02 Å². The highest BCUT2D eigenvalue weighted by Crippen LogP contribution is 2.24. The molecule has 0 radical (unpaired) electrons. The summed E-state index contributed by atoms with van der Waals surface area (Å²) in [6.45, 7) is 0. The molecule has 2 aromatic rings. The third-order valence-corrected chi connectivity index (χ3v) is 4.56. The Kier molecular flexibility index (Phi) is 6.28. The van der Waals surface area contributed by atoms with Crippen LogP contribution in [0, 0.1) is 0 Å². The van der Waals surface area contributed by atoms with E-state index >= 15 is 0 Å². The molecule has 1 fully saturated rings. The van der Waals surface area contributed by atoms with Crippen LogP contribution in [0.4, 0.5) is 0 Å². The summed E-state index contributed by atoms with van der Waals surface area (Å²) in [5.41, 5.74) is 10.5. The van der Waals surface area contributed by atoms with Crippen LogP contribution in [-0.2, 0) is 4.79 Å². The second kappa shape index (κ2) is 8.85. The van der Waals surface area contributed by atoms with Gasteiger partial charge in [-0.1, -0.05) is 23.7 Å². The number of hydrazone groups is 1. The van der Waals surface area contributed by atoms with Crippen LogP contribution < -0.4 is 25.8 Å². The number of ether oxygens (including phenoxy) is 2. The second-order valence-corrected chi connectivity index (χ2v) is 6.46. The van der Waals surface area contributed by atoms with Gasteiger partial charge in [0.25, 0.3) is 5.91 Å². The highest BCUT2D eigenvalue weighted by atomic mass is 35.5. The Bertz CT molecular complexity index is 826. The smallest absolute Gasteiger partial charge is 0.258 e. The Hall–Kier alpha value is -2.61. The maximum atomic E-state index is 12.3. The van der Waals surface area contributed by atoms with Crippen molar-refractivity contribution in [3.63, 3.8) is 0 Å². The van der Waals surface area contributed by atoms with Gasteiger partial charge < -0.3 is 9.47 Å². The van der Waals surface area contributed by atoms with Crippen LogP contribution in [0.3, 0.4) is 0 Å². The lowest BCUT2D eigenvalue weighted by Gasteiger charge is -2.09. The molecule has 27 heavy (non-hydrogen) atoms. The van der Waals surface area contributed by atoms with Crippen LogP contribution in [0.5, 0.6) is 11.5 Å². The molecule has 1 aliphatic heterocycles. The van der Waals surface area contributed by atoms with Crippen LogP contribution in [-0.4, -0.2) is 32.4 Å². The van der Waals surface area contributed by atoms with Gasteiger partial charge in [-0.25, -0.2) is 16.3 Å². The predicted octanol–water partition coefficient (Wildman–Crippen LogP) is 2.42. The third kappa shape index (κ3) is 4.77. The number of amides is 1. The fourth-order valence-corrected chi connectivity index (χ4v) is 2.94. The molecule has 1 saturated heterocycles. The molecule has 1 amide bonds. The molecule has 2 unspecified atom stereocenters. The Balaban J connectivity index is 1.57. The number of halogens is 1. The summed E-state index contributed by atoms with van der Waals surface area (Å²) >= 11 is 5.91. The summed E-state index contributed by atoms with van der Waals surface area (Å²) < 4.78 is 10.5. The van der Waals surface area contributed by atoms with Crippen molar-refractivity contribution >= 4 is 23.7 Å². The van der Waals surface area contributed by atoms with E-state index < -0.39 is 0 Å². The maximum absolute atomic E-state index is 12.3. The largest absolute Gasteiger partial charge is 0.497 e. The number of benzene rings is 2. The minimum absolute atomic E-state index is 0.0312. The first-order valence-corrected chi connectivity index (χ1v) is 8.80. The zero-order chi connectivity index (χ0) is 19.2. The van der Waals surface area contributed by atoms with E-state index in [9.17, 15) is 4.79 Å². The maximum Gasteiger partial charge on any atom is 0.258 e. The first-order valence-electron chi connectivity index (χ1n) is 8.42. The van der Waals surface area contributed by atoms with Gasteiger partial charge in [-0.2, -0.15) is 5.10 Å². The molecule has 142 valence electrons. The number of hydrogen-bond acceptors (Lipinski definition) is 6. The average Bonchev–Trinajstić information content (AvgIpc) is 3.19. The van der Waals surface area contributed by atoms with E-state index in [1.807, 2.05) is 24.3 Å². The van der Waals surface area contributed by atoms with Crippen LogP contribution in [0.15, 0.2) is 47.6 Å². The molecule has 0 bridgehead atoms. The topological polar surface area (TPSA) is 84.0 Å². The fourth-order valence-electron chi connectivity index (χ4n) is 2.81. The van der Waals surface area contributed by atoms with E-state index in [1.165, 1.54) is 6.21 Å². The van der Waals surface area contributed by atoms with E-state index in [1.54, 1.807) is 32.4 Å². The lowest BCUT2D eigenvalue weighted by Crippen LogP contribution is -2.41. The van der Waals surface area contributed by atoms with Crippen molar-refractivity contribution in [2.75, 3.05) is 14.2 Å². The first-order chi connectivity index (χ1) is 13.1. The molecule has 0 aromatic heterocycles. The van der Waals surface area contributed by atoms with Gasteiger partial charge in [0.2, 0.25) is 0 Å².